The fourth-order valence-corrected chi connectivity index (χ4v) is 3.01. The second-order valence-electron chi connectivity index (χ2n) is 6.19. The number of alkyl halides is 3. The first-order valence-electron chi connectivity index (χ1n) is 8.15. The van der Waals surface area contributed by atoms with Crippen LogP contribution in [0.4, 0.5) is 13.2 Å². The van der Waals surface area contributed by atoms with Crippen molar-refractivity contribution in [3.8, 4) is 0 Å². The monoisotopic (exact) mass is 405 g/mol. The summed E-state index contributed by atoms with van der Waals surface area (Å²) in [5, 5.41) is 0.314. The fourth-order valence-electron chi connectivity index (χ4n) is 3.01. The van der Waals surface area contributed by atoms with E-state index in [0.29, 0.717) is 9.63 Å². The molecule has 3 aromatic rings. The Hall–Kier alpha value is -3.89. The SMILES string of the molecule is O=C(ON1C(=O)c2ccccc2C1=O)c1ccc2c(c1)[nH]c(=O)n2CC(F)(F)F. The molecule has 29 heavy (non-hydrogen) atoms. The maximum Gasteiger partial charge on any atom is 0.406 e. The minimum Gasteiger partial charge on any atom is -0.324 e. The molecule has 0 aliphatic carbocycles. The Bertz CT molecular complexity index is 1210. The Morgan fingerprint density at radius 3 is 2.21 bits per heavy atom. The summed E-state index contributed by atoms with van der Waals surface area (Å²) in [4.78, 5) is 55.7. The average Bonchev–Trinajstić information content (AvgIpc) is 3.09. The van der Waals surface area contributed by atoms with Gasteiger partial charge in [-0.1, -0.05) is 17.2 Å². The summed E-state index contributed by atoms with van der Waals surface area (Å²) in [5.74, 6) is -2.72. The Kier molecular flexibility index (Phi) is 4.03. The van der Waals surface area contributed by atoms with E-state index in [1.807, 2.05) is 0 Å². The summed E-state index contributed by atoms with van der Waals surface area (Å²) in [6.07, 6.45) is -4.61. The van der Waals surface area contributed by atoms with Crippen LogP contribution < -0.4 is 5.69 Å². The highest BCUT2D eigenvalue weighted by Crippen LogP contribution is 2.24. The third kappa shape index (κ3) is 3.16. The normalized spacial score (nSPS) is 13.8. The minimum atomic E-state index is -4.61. The number of fused-ring (bicyclic) bond motifs is 2. The second kappa shape index (κ2) is 6.33. The number of amides is 2. The first-order chi connectivity index (χ1) is 13.7. The molecule has 1 aliphatic rings. The van der Waals surface area contributed by atoms with E-state index in [2.05, 4.69) is 4.98 Å². The molecule has 0 saturated heterocycles. The van der Waals surface area contributed by atoms with Crippen LogP contribution in [0.15, 0.2) is 47.3 Å². The van der Waals surface area contributed by atoms with Gasteiger partial charge in [-0.25, -0.2) is 9.59 Å². The number of nitrogens with one attached hydrogen (secondary N) is 1. The van der Waals surface area contributed by atoms with Gasteiger partial charge in [0.05, 0.1) is 27.7 Å². The van der Waals surface area contributed by atoms with Crippen LogP contribution in [-0.4, -0.2) is 38.6 Å². The summed E-state index contributed by atoms with van der Waals surface area (Å²) < 4.78 is 38.4. The molecule has 0 radical (unpaired) electrons. The number of imidazole rings is 1. The molecule has 1 aliphatic heterocycles. The van der Waals surface area contributed by atoms with E-state index in [1.54, 1.807) is 12.1 Å². The zero-order valence-corrected chi connectivity index (χ0v) is 14.3. The topological polar surface area (TPSA) is 101 Å². The fraction of sp³-hybridized carbons (Fsp3) is 0.111. The number of halogens is 3. The number of carbonyl (C=O) groups excluding carboxylic acids is 3. The van der Waals surface area contributed by atoms with Gasteiger partial charge in [-0.15, -0.1) is 0 Å². The van der Waals surface area contributed by atoms with E-state index in [-0.39, 0.29) is 27.7 Å². The van der Waals surface area contributed by atoms with Crippen LogP contribution in [0.3, 0.4) is 0 Å². The molecule has 4 rings (SSSR count). The van der Waals surface area contributed by atoms with Crippen LogP contribution >= 0.6 is 0 Å². The Morgan fingerprint density at radius 1 is 1.00 bits per heavy atom. The van der Waals surface area contributed by atoms with Gasteiger partial charge in [0.15, 0.2) is 0 Å². The van der Waals surface area contributed by atoms with Crippen LogP contribution in [-0.2, 0) is 11.4 Å². The highest BCUT2D eigenvalue weighted by molar-refractivity contribution is 6.21. The minimum absolute atomic E-state index is 0.0314. The number of H-pyrrole nitrogens is 1. The zero-order valence-electron chi connectivity index (χ0n) is 14.3. The average molecular weight is 405 g/mol. The molecule has 2 heterocycles. The highest BCUT2D eigenvalue weighted by Gasteiger charge is 2.39. The number of hydrogen-bond acceptors (Lipinski definition) is 5. The third-order valence-electron chi connectivity index (χ3n) is 4.28. The number of rotatable bonds is 3. The van der Waals surface area contributed by atoms with Gasteiger partial charge in [0.2, 0.25) is 0 Å². The van der Waals surface area contributed by atoms with E-state index in [9.17, 15) is 32.3 Å². The van der Waals surface area contributed by atoms with E-state index < -0.39 is 36.2 Å². The van der Waals surface area contributed by atoms with Crippen molar-refractivity contribution in [2.24, 2.45) is 0 Å². The van der Waals surface area contributed by atoms with Gasteiger partial charge < -0.3 is 9.82 Å². The van der Waals surface area contributed by atoms with Crippen LogP contribution in [0.1, 0.15) is 31.1 Å². The molecule has 148 valence electrons. The number of aromatic nitrogens is 2. The van der Waals surface area contributed by atoms with Crippen molar-refractivity contribution >= 4 is 28.8 Å². The van der Waals surface area contributed by atoms with Gasteiger partial charge in [-0.3, -0.25) is 14.2 Å². The lowest BCUT2D eigenvalue weighted by atomic mass is 10.1. The largest absolute Gasteiger partial charge is 0.406 e. The maximum atomic E-state index is 12.6. The lowest BCUT2D eigenvalue weighted by Gasteiger charge is -2.12. The lowest BCUT2D eigenvalue weighted by Crippen LogP contribution is -2.32. The number of hydrogen-bond donors (Lipinski definition) is 1. The van der Waals surface area contributed by atoms with Crippen molar-refractivity contribution in [3.05, 3.63) is 69.6 Å². The van der Waals surface area contributed by atoms with Crippen molar-refractivity contribution in [2.75, 3.05) is 0 Å². The predicted molar refractivity (Wildman–Crippen MR) is 91.0 cm³/mol. The van der Waals surface area contributed by atoms with Crippen LogP contribution in [0.5, 0.6) is 0 Å². The number of nitrogens with zero attached hydrogens (tertiary/aromatic N) is 2. The molecule has 0 spiro atoms. The molecule has 2 amide bonds. The maximum absolute atomic E-state index is 12.6. The summed E-state index contributed by atoms with van der Waals surface area (Å²) >= 11 is 0. The van der Waals surface area contributed by atoms with Gasteiger partial charge in [0.1, 0.15) is 6.54 Å². The smallest absolute Gasteiger partial charge is 0.324 e. The molecule has 0 bridgehead atoms. The number of imide groups is 1. The zero-order chi connectivity index (χ0) is 20.9. The third-order valence-corrected chi connectivity index (χ3v) is 4.28. The summed E-state index contributed by atoms with van der Waals surface area (Å²) in [6.45, 7) is -1.50. The number of aromatic amines is 1. The number of carbonyl (C=O) groups is 3. The molecule has 0 saturated carbocycles. The first-order valence-corrected chi connectivity index (χ1v) is 8.15. The van der Waals surface area contributed by atoms with Gasteiger partial charge in [0.25, 0.3) is 11.8 Å². The Balaban J connectivity index is 1.61. The summed E-state index contributed by atoms with van der Waals surface area (Å²) in [7, 11) is 0. The number of benzene rings is 2. The molecule has 2 aromatic carbocycles. The van der Waals surface area contributed by atoms with Crippen molar-refractivity contribution in [3.63, 3.8) is 0 Å². The van der Waals surface area contributed by atoms with Crippen molar-refractivity contribution in [1.29, 1.82) is 0 Å². The number of hydroxylamine groups is 2. The van der Waals surface area contributed by atoms with Crippen molar-refractivity contribution < 1.29 is 32.4 Å². The Morgan fingerprint density at radius 2 is 1.62 bits per heavy atom. The van der Waals surface area contributed by atoms with Crippen molar-refractivity contribution in [1.82, 2.24) is 14.6 Å². The van der Waals surface area contributed by atoms with E-state index in [4.69, 9.17) is 4.84 Å². The standard InChI is InChI=1S/C18H10F3N3O5/c19-18(20,21)8-23-13-6-5-9(7-12(13)22-17(23)28)16(27)29-24-14(25)10-3-1-2-4-11(10)15(24)26/h1-7H,8H2,(H,22,28). The first kappa shape index (κ1) is 18.5. The predicted octanol–water partition coefficient (Wildman–Crippen LogP) is 2.26. The molecule has 1 aromatic heterocycles. The molecule has 0 atom stereocenters. The molecule has 8 nitrogen and oxygen atoms in total. The van der Waals surface area contributed by atoms with E-state index in [0.717, 1.165) is 18.2 Å². The molecule has 0 fully saturated rings. The van der Waals surface area contributed by atoms with Crippen LogP contribution in [0.25, 0.3) is 11.0 Å². The molecular weight excluding hydrogens is 395 g/mol. The quantitative estimate of drug-likeness (QED) is 0.674. The second-order valence-corrected chi connectivity index (χ2v) is 6.19. The summed E-state index contributed by atoms with van der Waals surface area (Å²) in [5.41, 5.74) is -1.11. The molecule has 1 N–H and O–H groups in total. The van der Waals surface area contributed by atoms with Crippen LogP contribution in [0, 0.1) is 0 Å². The van der Waals surface area contributed by atoms with Gasteiger partial charge in [-0.2, -0.15) is 13.2 Å². The highest BCUT2D eigenvalue weighted by atomic mass is 19.4. The van der Waals surface area contributed by atoms with E-state index in [1.165, 1.54) is 12.1 Å². The van der Waals surface area contributed by atoms with Crippen LogP contribution in [0.2, 0.25) is 0 Å². The van der Waals surface area contributed by atoms with Crippen molar-refractivity contribution in [2.45, 2.75) is 12.7 Å². The molecular formula is C18H10F3N3O5. The van der Waals surface area contributed by atoms with Gasteiger partial charge in [-0.05, 0) is 30.3 Å². The lowest BCUT2D eigenvalue weighted by molar-refractivity contribution is -0.140. The van der Waals surface area contributed by atoms with Gasteiger partial charge in [0, 0.05) is 0 Å². The Labute approximate surface area is 159 Å². The summed E-state index contributed by atoms with van der Waals surface area (Å²) in [6, 6.07) is 9.27. The molecule has 0 unspecified atom stereocenters. The van der Waals surface area contributed by atoms with Gasteiger partial charge >= 0.3 is 17.8 Å². The van der Waals surface area contributed by atoms with E-state index >= 15 is 0 Å². The molecule has 11 heteroatoms.